The number of carboxylic acid groups (broad SMARTS) is 1. The molecule has 1 fully saturated rings. The molecule has 1 saturated heterocycles. The number of Topliss-reactive ketones (excluding diaryl/α,β-unsaturated/α-hetero) is 1. The number of nitro benzene ring substituents is 1. The Hall–Kier alpha value is -4.01. The molecule has 1 atom stereocenters. The van der Waals surface area contributed by atoms with Crippen LogP contribution in [-0.4, -0.2) is 44.2 Å². The molecule has 1 amide bonds. The van der Waals surface area contributed by atoms with Crippen LogP contribution in [0.15, 0.2) is 60.2 Å². The zero-order valence-electron chi connectivity index (χ0n) is 15.7. The number of rotatable bonds is 7. The fourth-order valence-corrected chi connectivity index (χ4v) is 3.42. The van der Waals surface area contributed by atoms with Crippen molar-refractivity contribution >= 4 is 29.1 Å². The molecule has 0 spiro atoms. The van der Waals surface area contributed by atoms with Gasteiger partial charge >= 0.3 is 5.97 Å². The Morgan fingerprint density at radius 1 is 1.07 bits per heavy atom. The quantitative estimate of drug-likeness (QED) is 0.235. The van der Waals surface area contributed by atoms with E-state index in [1.165, 1.54) is 24.3 Å². The summed E-state index contributed by atoms with van der Waals surface area (Å²) in [4.78, 5) is 48.0. The minimum Gasteiger partial charge on any atom is -0.507 e. The third kappa shape index (κ3) is 4.04. The zero-order valence-corrected chi connectivity index (χ0v) is 15.7. The number of benzene rings is 2. The number of ketones is 1. The van der Waals surface area contributed by atoms with Gasteiger partial charge < -0.3 is 15.1 Å². The van der Waals surface area contributed by atoms with Crippen LogP contribution in [0, 0.1) is 10.1 Å². The predicted octanol–water partition coefficient (Wildman–Crippen LogP) is 2.88. The van der Waals surface area contributed by atoms with Crippen molar-refractivity contribution in [1.82, 2.24) is 4.90 Å². The molecule has 2 aromatic rings. The number of hydrogen-bond donors (Lipinski definition) is 2. The smallest absolute Gasteiger partial charge is 0.303 e. The predicted molar refractivity (Wildman–Crippen MR) is 105 cm³/mol. The molecule has 30 heavy (non-hydrogen) atoms. The standard InChI is InChI=1S/C21H18N2O7/c24-16(25)10-5-11-22-18(14-8-4-9-15(12-14)23(29)30)17(20(27)21(22)28)19(26)13-6-2-1-3-7-13/h1-4,6-9,12,18,26H,5,10-11H2,(H,24,25)/b19-17+/t18-/m0/s1. The van der Waals surface area contributed by atoms with Crippen molar-refractivity contribution in [3.8, 4) is 0 Å². The molecule has 0 aliphatic carbocycles. The van der Waals surface area contributed by atoms with Crippen LogP contribution < -0.4 is 0 Å². The first-order valence-corrected chi connectivity index (χ1v) is 9.11. The second-order valence-electron chi connectivity index (χ2n) is 6.71. The Morgan fingerprint density at radius 2 is 1.77 bits per heavy atom. The van der Waals surface area contributed by atoms with E-state index >= 15 is 0 Å². The molecule has 2 aromatic carbocycles. The van der Waals surface area contributed by atoms with Gasteiger partial charge in [0.1, 0.15) is 5.76 Å². The summed E-state index contributed by atoms with van der Waals surface area (Å²) in [6.45, 7) is -0.0597. The fraction of sp³-hybridized carbons (Fsp3) is 0.190. The lowest BCUT2D eigenvalue weighted by atomic mass is 9.95. The van der Waals surface area contributed by atoms with Gasteiger partial charge in [0, 0.05) is 30.7 Å². The molecule has 0 radical (unpaired) electrons. The highest BCUT2D eigenvalue weighted by atomic mass is 16.6. The minimum absolute atomic E-state index is 0.0597. The second kappa shape index (κ2) is 8.56. The molecular formula is C21H18N2O7. The number of carbonyl (C=O) groups is 3. The van der Waals surface area contributed by atoms with E-state index in [-0.39, 0.29) is 36.2 Å². The van der Waals surface area contributed by atoms with E-state index in [1.807, 2.05) is 0 Å². The highest BCUT2D eigenvalue weighted by molar-refractivity contribution is 6.46. The van der Waals surface area contributed by atoms with Crippen molar-refractivity contribution < 1.29 is 29.5 Å². The Morgan fingerprint density at radius 3 is 2.40 bits per heavy atom. The first-order valence-electron chi connectivity index (χ1n) is 9.11. The number of amides is 1. The lowest BCUT2D eigenvalue weighted by Gasteiger charge is -2.25. The van der Waals surface area contributed by atoms with Gasteiger partial charge in [-0.15, -0.1) is 0 Å². The number of nitro groups is 1. The van der Waals surface area contributed by atoms with E-state index in [1.54, 1.807) is 30.3 Å². The largest absolute Gasteiger partial charge is 0.507 e. The van der Waals surface area contributed by atoms with Gasteiger partial charge in [0.05, 0.1) is 16.5 Å². The Labute approximate surface area is 171 Å². The van der Waals surface area contributed by atoms with E-state index in [0.29, 0.717) is 5.56 Å². The number of aliphatic hydroxyl groups excluding tert-OH is 1. The molecule has 1 aliphatic rings. The molecule has 154 valence electrons. The van der Waals surface area contributed by atoms with Crippen LogP contribution in [0.2, 0.25) is 0 Å². The maximum Gasteiger partial charge on any atom is 0.303 e. The van der Waals surface area contributed by atoms with Crippen molar-refractivity contribution in [2.45, 2.75) is 18.9 Å². The first-order chi connectivity index (χ1) is 14.3. The summed E-state index contributed by atoms with van der Waals surface area (Å²) in [6, 6.07) is 12.5. The van der Waals surface area contributed by atoms with Gasteiger partial charge in [0.25, 0.3) is 17.4 Å². The first kappa shape index (κ1) is 20.7. The van der Waals surface area contributed by atoms with Gasteiger partial charge in [-0.05, 0) is 12.0 Å². The van der Waals surface area contributed by atoms with Crippen LogP contribution in [0.1, 0.15) is 30.0 Å². The van der Waals surface area contributed by atoms with Gasteiger partial charge in [0.15, 0.2) is 0 Å². The third-order valence-corrected chi connectivity index (χ3v) is 4.77. The monoisotopic (exact) mass is 410 g/mol. The molecule has 1 heterocycles. The van der Waals surface area contributed by atoms with E-state index in [2.05, 4.69) is 0 Å². The van der Waals surface area contributed by atoms with E-state index < -0.39 is 34.4 Å². The molecule has 0 bridgehead atoms. The van der Waals surface area contributed by atoms with Crippen LogP contribution in [0.3, 0.4) is 0 Å². The van der Waals surface area contributed by atoms with Gasteiger partial charge in [0.2, 0.25) is 0 Å². The van der Waals surface area contributed by atoms with Gasteiger partial charge in [-0.2, -0.15) is 0 Å². The van der Waals surface area contributed by atoms with Crippen LogP contribution in [-0.2, 0) is 14.4 Å². The summed E-state index contributed by atoms with van der Waals surface area (Å²) >= 11 is 0. The highest BCUT2D eigenvalue weighted by Gasteiger charge is 2.46. The minimum atomic E-state index is -1.07. The molecule has 9 heteroatoms. The van der Waals surface area contributed by atoms with Crippen LogP contribution in [0.25, 0.3) is 5.76 Å². The fourth-order valence-electron chi connectivity index (χ4n) is 3.42. The average Bonchev–Trinajstić information content (AvgIpc) is 2.98. The lowest BCUT2D eigenvalue weighted by molar-refractivity contribution is -0.384. The number of likely N-dealkylation sites (tertiary alicyclic amines) is 1. The Bertz CT molecular complexity index is 1050. The van der Waals surface area contributed by atoms with E-state index in [0.717, 1.165) is 4.90 Å². The number of carbonyl (C=O) groups excluding carboxylic acids is 2. The SMILES string of the molecule is O=C(O)CCCN1C(=O)C(=O)/C(=C(/O)c2ccccc2)[C@@H]1c1cccc([N+](=O)[O-])c1. The summed E-state index contributed by atoms with van der Waals surface area (Å²) in [5.41, 5.74) is 0.165. The average molecular weight is 410 g/mol. The number of aliphatic carboxylic acids is 1. The van der Waals surface area contributed by atoms with Crippen molar-refractivity contribution in [3.63, 3.8) is 0 Å². The molecule has 3 rings (SSSR count). The molecule has 9 nitrogen and oxygen atoms in total. The highest BCUT2D eigenvalue weighted by Crippen LogP contribution is 2.40. The van der Waals surface area contributed by atoms with E-state index in [9.17, 15) is 29.6 Å². The zero-order chi connectivity index (χ0) is 21.8. The van der Waals surface area contributed by atoms with Crippen LogP contribution >= 0.6 is 0 Å². The molecule has 1 aliphatic heterocycles. The number of non-ortho nitro benzene ring substituents is 1. The second-order valence-corrected chi connectivity index (χ2v) is 6.71. The van der Waals surface area contributed by atoms with Gasteiger partial charge in [-0.1, -0.05) is 42.5 Å². The van der Waals surface area contributed by atoms with Crippen molar-refractivity contribution in [3.05, 3.63) is 81.4 Å². The summed E-state index contributed by atoms with van der Waals surface area (Å²) in [6.07, 6.45) is -0.136. The number of hydrogen-bond acceptors (Lipinski definition) is 6. The third-order valence-electron chi connectivity index (χ3n) is 4.77. The van der Waals surface area contributed by atoms with E-state index in [4.69, 9.17) is 5.11 Å². The lowest BCUT2D eigenvalue weighted by Crippen LogP contribution is -2.31. The molecule has 0 saturated carbocycles. The van der Waals surface area contributed by atoms with Gasteiger partial charge in [-0.3, -0.25) is 24.5 Å². The molecule has 0 aromatic heterocycles. The van der Waals surface area contributed by atoms with Crippen molar-refractivity contribution in [1.29, 1.82) is 0 Å². The van der Waals surface area contributed by atoms with Crippen molar-refractivity contribution in [2.24, 2.45) is 0 Å². The topological polar surface area (TPSA) is 138 Å². The molecule has 0 unspecified atom stereocenters. The van der Waals surface area contributed by atoms with Crippen molar-refractivity contribution in [2.75, 3.05) is 6.54 Å². The maximum atomic E-state index is 12.8. The Balaban J connectivity index is 2.13. The number of nitrogens with zero attached hydrogens (tertiary/aromatic N) is 2. The summed E-state index contributed by atoms with van der Waals surface area (Å²) in [5, 5.41) is 30.9. The van der Waals surface area contributed by atoms with Crippen LogP contribution in [0.5, 0.6) is 0 Å². The summed E-state index contributed by atoms with van der Waals surface area (Å²) in [5.74, 6) is -3.27. The number of aliphatic hydroxyl groups is 1. The normalized spacial score (nSPS) is 17.9. The summed E-state index contributed by atoms with van der Waals surface area (Å²) < 4.78 is 0. The molecule has 2 N–H and O–H groups in total. The number of carboxylic acids is 1. The maximum absolute atomic E-state index is 12.8. The van der Waals surface area contributed by atoms with Gasteiger partial charge in [-0.25, -0.2) is 0 Å². The Kier molecular flexibility index (Phi) is 5.91. The summed E-state index contributed by atoms with van der Waals surface area (Å²) in [7, 11) is 0. The molecular weight excluding hydrogens is 392 g/mol. The van der Waals surface area contributed by atoms with Crippen LogP contribution in [0.4, 0.5) is 5.69 Å².